The normalized spacial score (nSPS) is 30.9. The molecule has 3 heterocycles. The number of aliphatic hydroxyl groups is 2. The summed E-state index contributed by atoms with van der Waals surface area (Å²) in [5.41, 5.74) is 15.0. The number of imidazole rings is 1. The van der Waals surface area contributed by atoms with Crippen LogP contribution in [0.1, 0.15) is 7.60 Å². The summed E-state index contributed by atoms with van der Waals surface area (Å²) in [5.74, 6) is 0.166. The number of fused-ring (bicyclic) bond motifs is 1. The third-order valence-electron chi connectivity index (χ3n) is 3.27. The van der Waals surface area contributed by atoms with Crippen molar-refractivity contribution in [1.29, 1.82) is 0 Å². The van der Waals surface area contributed by atoms with Crippen LogP contribution < -0.4 is 5.73 Å². The fourth-order valence-electron chi connectivity index (χ4n) is 2.28. The van der Waals surface area contributed by atoms with Crippen molar-refractivity contribution in [3.05, 3.63) is 23.1 Å². The largest absolute Gasteiger partial charge is 0.394 e. The molecular formula is C10H12N8O3. The standard InChI is InChI=1S/C10H12N8O3/c11-8-6-9(14-2-13-8)18(3-15-6)10-5(16-17-12)7(20)4(1-19)21-10/h2-5,7,10,19-20H,1H2,(H2,11,13,14)/t4-,5-,7-,10-/m1/s1/i1D/t1?,4-,5-,7-,10-. The number of anilines is 1. The van der Waals surface area contributed by atoms with Crippen LogP contribution >= 0.6 is 0 Å². The molecule has 5 atom stereocenters. The molecule has 1 fully saturated rings. The SMILES string of the molecule is [2H]C(O)[C@H]1O[C@@H](n2cnc3c(N)ncnc32)[C@H](N=[N+]=[N-])[C@@H]1O. The van der Waals surface area contributed by atoms with E-state index in [1.807, 2.05) is 0 Å². The Bertz CT molecular complexity index is 745. The minimum atomic E-state index is -1.69. The lowest BCUT2D eigenvalue weighted by atomic mass is 10.1. The number of azide groups is 1. The lowest BCUT2D eigenvalue weighted by molar-refractivity contribution is -0.0437. The second-order valence-corrected chi connectivity index (χ2v) is 4.41. The first-order chi connectivity index (χ1) is 10.5. The van der Waals surface area contributed by atoms with E-state index in [2.05, 4.69) is 25.0 Å². The first-order valence-electron chi connectivity index (χ1n) is 6.53. The quantitative estimate of drug-likeness (QED) is 0.383. The summed E-state index contributed by atoms with van der Waals surface area (Å²) in [6.45, 7) is -1.69. The van der Waals surface area contributed by atoms with Crippen molar-refractivity contribution in [2.45, 2.75) is 24.5 Å². The maximum absolute atomic E-state index is 10.1. The van der Waals surface area contributed by atoms with Gasteiger partial charge in [-0.15, -0.1) is 0 Å². The summed E-state index contributed by atoms with van der Waals surface area (Å²) >= 11 is 0. The number of nitrogens with zero attached hydrogens (tertiary/aromatic N) is 7. The van der Waals surface area contributed by atoms with E-state index < -0.39 is 31.1 Å². The molecule has 1 aliphatic rings. The average molecular weight is 293 g/mol. The maximum atomic E-state index is 10.1. The van der Waals surface area contributed by atoms with Crippen LogP contribution in [0.4, 0.5) is 5.82 Å². The zero-order valence-corrected chi connectivity index (χ0v) is 10.6. The van der Waals surface area contributed by atoms with Crippen molar-refractivity contribution in [3.8, 4) is 0 Å². The molecule has 0 bridgehead atoms. The zero-order chi connectivity index (χ0) is 15.9. The van der Waals surface area contributed by atoms with Crippen LogP contribution in [0.25, 0.3) is 21.6 Å². The molecule has 0 aliphatic carbocycles. The maximum Gasteiger partial charge on any atom is 0.167 e. The number of hydrogen-bond acceptors (Lipinski definition) is 8. The monoisotopic (exact) mass is 293 g/mol. The predicted molar refractivity (Wildman–Crippen MR) is 69.7 cm³/mol. The van der Waals surface area contributed by atoms with Gasteiger partial charge < -0.3 is 20.7 Å². The smallest absolute Gasteiger partial charge is 0.167 e. The highest BCUT2D eigenvalue weighted by Gasteiger charge is 2.44. The summed E-state index contributed by atoms with van der Waals surface area (Å²) in [6, 6.07) is -1.05. The molecule has 0 saturated carbocycles. The summed E-state index contributed by atoms with van der Waals surface area (Å²) in [7, 11) is 0. The van der Waals surface area contributed by atoms with Crippen molar-refractivity contribution >= 4 is 17.0 Å². The molecule has 1 aliphatic heterocycles. The number of hydrogen-bond donors (Lipinski definition) is 3. The van der Waals surface area contributed by atoms with Crippen LogP contribution in [0.3, 0.4) is 0 Å². The highest BCUT2D eigenvalue weighted by Crippen LogP contribution is 2.33. The lowest BCUT2D eigenvalue weighted by Crippen LogP contribution is -2.31. The Kier molecular flexibility index (Phi) is 3.01. The van der Waals surface area contributed by atoms with E-state index in [1.165, 1.54) is 17.2 Å². The van der Waals surface area contributed by atoms with Crippen LogP contribution in [0.15, 0.2) is 17.8 Å². The van der Waals surface area contributed by atoms with Gasteiger partial charge in [0, 0.05) is 4.91 Å². The van der Waals surface area contributed by atoms with Crippen LogP contribution in [0, 0.1) is 0 Å². The second kappa shape index (κ2) is 5.14. The van der Waals surface area contributed by atoms with Gasteiger partial charge in [0.2, 0.25) is 0 Å². The highest BCUT2D eigenvalue weighted by atomic mass is 16.5. The molecule has 2 aromatic heterocycles. The Morgan fingerprint density at radius 2 is 2.38 bits per heavy atom. The van der Waals surface area contributed by atoms with Crippen molar-refractivity contribution in [1.82, 2.24) is 19.5 Å². The topological polar surface area (TPSA) is 168 Å². The number of aromatic nitrogens is 4. The first-order valence-corrected chi connectivity index (χ1v) is 5.95. The molecule has 0 radical (unpaired) electrons. The average Bonchev–Trinajstić information content (AvgIpc) is 3.03. The molecule has 0 aromatic carbocycles. The molecule has 1 unspecified atom stereocenters. The van der Waals surface area contributed by atoms with Gasteiger partial charge in [-0.2, -0.15) is 0 Å². The van der Waals surface area contributed by atoms with Gasteiger partial charge >= 0.3 is 0 Å². The van der Waals surface area contributed by atoms with Gasteiger partial charge in [0.1, 0.15) is 30.2 Å². The van der Waals surface area contributed by atoms with E-state index in [4.69, 9.17) is 17.4 Å². The third kappa shape index (κ3) is 2.04. The third-order valence-corrected chi connectivity index (χ3v) is 3.27. The van der Waals surface area contributed by atoms with Crippen molar-refractivity contribution < 1.29 is 16.3 Å². The molecule has 21 heavy (non-hydrogen) atoms. The molecule has 110 valence electrons. The Balaban J connectivity index is 2.08. The number of rotatable bonds is 3. The van der Waals surface area contributed by atoms with E-state index in [0.29, 0.717) is 11.2 Å². The summed E-state index contributed by atoms with van der Waals surface area (Å²) < 4.78 is 14.2. The Labute approximate surface area is 119 Å². The number of aliphatic hydroxyl groups excluding tert-OH is 2. The molecule has 0 amide bonds. The zero-order valence-electron chi connectivity index (χ0n) is 11.6. The predicted octanol–water partition coefficient (Wildman–Crippen LogP) is -0.662. The van der Waals surface area contributed by atoms with Gasteiger partial charge in [-0.1, -0.05) is 5.11 Å². The van der Waals surface area contributed by atoms with Crippen LogP contribution in [-0.2, 0) is 4.74 Å². The van der Waals surface area contributed by atoms with Crippen molar-refractivity contribution in [2.24, 2.45) is 5.11 Å². The Morgan fingerprint density at radius 1 is 1.57 bits per heavy atom. The molecule has 2 aromatic rings. The van der Waals surface area contributed by atoms with E-state index in [1.54, 1.807) is 0 Å². The molecular weight excluding hydrogens is 280 g/mol. The highest BCUT2D eigenvalue weighted by molar-refractivity contribution is 5.81. The summed E-state index contributed by atoms with van der Waals surface area (Å²) in [5, 5.41) is 22.9. The summed E-state index contributed by atoms with van der Waals surface area (Å²) in [4.78, 5) is 14.6. The minimum absolute atomic E-state index is 0.166. The Hall–Kier alpha value is -2.46. The number of ether oxygens (including phenoxy) is 1. The molecule has 1 saturated heterocycles. The number of nitrogen functional groups attached to an aromatic ring is 1. The van der Waals surface area contributed by atoms with Gasteiger partial charge in [-0.25, -0.2) is 15.0 Å². The molecule has 3 rings (SSSR count). The molecule has 11 heteroatoms. The van der Waals surface area contributed by atoms with Crippen LogP contribution in [0.5, 0.6) is 0 Å². The second-order valence-electron chi connectivity index (χ2n) is 4.41. The van der Waals surface area contributed by atoms with E-state index in [9.17, 15) is 10.2 Å². The van der Waals surface area contributed by atoms with Crippen LogP contribution in [0.2, 0.25) is 0 Å². The summed E-state index contributed by atoms with van der Waals surface area (Å²) in [6.07, 6.45) is -0.955. The van der Waals surface area contributed by atoms with Gasteiger partial charge in [0.15, 0.2) is 11.5 Å². The first kappa shape index (κ1) is 12.3. The Morgan fingerprint density at radius 3 is 3.10 bits per heavy atom. The van der Waals surface area contributed by atoms with Gasteiger partial charge in [-0.3, -0.25) is 4.57 Å². The minimum Gasteiger partial charge on any atom is -0.394 e. The van der Waals surface area contributed by atoms with Crippen molar-refractivity contribution in [2.75, 3.05) is 12.3 Å². The number of nitrogens with two attached hydrogens (primary N) is 1. The fourth-order valence-corrected chi connectivity index (χ4v) is 2.28. The van der Waals surface area contributed by atoms with E-state index in [0.717, 1.165) is 0 Å². The van der Waals surface area contributed by atoms with E-state index in [-0.39, 0.29) is 5.82 Å². The van der Waals surface area contributed by atoms with Gasteiger partial charge in [-0.05, 0) is 5.53 Å². The molecule has 11 nitrogen and oxygen atoms in total. The van der Waals surface area contributed by atoms with Crippen LogP contribution in [-0.4, -0.2) is 54.6 Å². The van der Waals surface area contributed by atoms with E-state index >= 15 is 0 Å². The van der Waals surface area contributed by atoms with Crippen molar-refractivity contribution in [3.63, 3.8) is 0 Å². The molecule has 4 N–H and O–H groups in total. The van der Waals surface area contributed by atoms with Gasteiger partial charge in [0.05, 0.1) is 20.4 Å². The lowest BCUT2D eigenvalue weighted by Gasteiger charge is -2.16. The molecule has 0 spiro atoms. The fraction of sp³-hybridized carbons (Fsp3) is 0.500. The van der Waals surface area contributed by atoms with Gasteiger partial charge in [0.25, 0.3) is 0 Å².